The van der Waals surface area contributed by atoms with Crippen molar-refractivity contribution in [3.8, 4) is 17.2 Å². The molecule has 160 valence electrons. The van der Waals surface area contributed by atoms with Gasteiger partial charge in [-0.15, -0.1) is 6.58 Å². The van der Waals surface area contributed by atoms with Gasteiger partial charge in [0.05, 0.1) is 17.8 Å². The number of ketones is 1. The Morgan fingerprint density at radius 3 is 2.13 bits per heavy atom. The Hall–Kier alpha value is -3.01. The summed E-state index contributed by atoms with van der Waals surface area (Å²) in [5.41, 5.74) is 1.85. The zero-order valence-corrected chi connectivity index (χ0v) is 18.7. The lowest BCUT2D eigenvalue weighted by molar-refractivity contribution is 0.104. The maximum Gasteiger partial charge on any atom is 0.185 e. The summed E-state index contributed by atoms with van der Waals surface area (Å²) in [6.45, 7) is 16.0. The van der Waals surface area contributed by atoms with Crippen molar-refractivity contribution in [2.45, 2.75) is 59.2 Å². The van der Waals surface area contributed by atoms with Crippen molar-refractivity contribution in [1.82, 2.24) is 0 Å². The van der Waals surface area contributed by atoms with Crippen molar-refractivity contribution in [3.05, 3.63) is 71.8 Å². The fourth-order valence-corrected chi connectivity index (χ4v) is 2.96. The van der Waals surface area contributed by atoms with Gasteiger partial charge in [-0.05, 0) is 70.2 Å². The number of hydrogen-bond acceptors (Lipinski definition) is 4. The molecule has 0 aliphatic carbocycles. The lowest BCUT2D eigenvalue weighted by atomic mass is 9.83. The topological polar surface area (TPSA) is 55.8 Å². The highest BCUT2D eigenvalue weighted by atomic mass is 16.5. The minimum Gasteiger partial charge on any atom is -0.508 e. The van der Waals surface area contributed by atoms with Crippen LogP contribution in [-0.2, 0) is 5.41 Å². The largest absolute Gasteiger partial charge is 0.508 e. The molecule has 0 atom stereocenters. The summed E-state index contributed by atoms with van der Waals surface area (Å²) in [7, 11) is 0. The average molecular weight is 409 g/mol. The Balaban J connectivity index is 2.62. The molecule has 0 amide bonds. The van der Waals surface area contributed by atoms with Crippen molar-refractivity contribution < 1.29 is 19.4 Å². The van der Waals surface area contributed by atoms with E-state index in [0.29, 0.717) is 17.1 Å². The van der Waals surface area contributed by atoms with E-state index in [1.807, 2.05) is 45.9 Å². The third-order valence-corrected chi connectivity index (χ3v) is 4.63. The number of phenolic OH excluding ortho intramolecular Hbond substituents is 1. The molecule has 2 rings (SSSR count). The van der Waals surface area contributed by atoms with Crippen LogP contribution < -0.4 is 9.47 Å². The van der Waals surface area contributed by atoms with E-state index in [4.69, 9.17) is 9.47 Å². The SMILES string of the molecule is C=CC(C)(C)c1ccc(OC(C)C)c(/C=C/C(=O)c2ccc(O)cc2)c1OC(C)C. The second-order valence-electron chi connectivity index (χ2n) is 8.36. The molecule has 0 saturated carbocycles. The van der Waals surface area contributed by atoms with Gasteiger partial charge in [0.2, 0.25) is 0 Å². The van der Waals surface area contributed by atoms with Crippen molar-refractivity contribution in [1.29, 1.82) is 0 Å². The highest BCUT2D eigenvalue weighted by Crippen LogP contribution is 2.41. The lowest BCUT2D eigenvalue weighted by Crippen LogP contribution is -2.19. The van der Waals surface area contributed by atoms with Crippen LogP contribution in [0.1, 0.15) is 63.0 Å². The number of benzene rings is 2. The van der Waals surface area contributed by atoms with Gasteiger partial charge in [-0.2, -0.15) is 0 Å². The Bertz CT molecular complexity index is 919. The maximum absolute atomic E-state index is 12.7. The fourth-order valence-electron chi connectivity index (χ4n) is 2.96. The monoisotopic (exact) mass is 408 g/mol. The van der Waals surface area contributed by atoms with E-state index in [1.165, 1.54) is 18.2 Å². The van der Waals surface area contributed by atoms with Crippen molar-refractivity contribution in [2.24, 2.45) is 0 Å². The standard InChI is InChI=1S/C26H32O4/c1-8-26(6,7)22-14-16-24(29-17(2)3)21(25(22)30-18(4)5)13-15-23(28)19-9-11-20(27)12-10-19/h8-18,27H,1H2,2-7H3/b15-13+. The van der Waals surface area contributed by atoms with E-state index in [1.54, 1.807) is 18.2 Å². The van der Waals surface area contributed by atoms with Crippen LogP contribution in [0, 0.1) is 0 Å². The number of allylic oxidation sites excluding steroid dienone is 2. The minimum absolute atomic E-state index is 0.0323. The summed E-state index contributed by atoms with van der Waals surface area (Å²) in [4.78, 5) is 12.7. The minimum atomic E-state index is -0.329. The molecule has 0 aliphatic heterocycles. The number of rotatable bonds is 9. The summed E-state index contributed by atoms with van der Waals surface area (Å²) in [5.74, 6) is 1.28. The van der Waals surface area contributed by atoms with Crippen molar-refractivity contribution >= 4 is 11.9 Å². The lowest BCUT2D eigenvalue weighted by Gasteiger charge is -2.28. The van der Waals surface area contributed by atoms with Crippen LogP contribution in [0.3, 0.4) is 0 Å². The van der Waals surface area contributed by atoms with Crippen LogP contribution in [0.5, 0.6) is 17.2 Å². The first-order valence-corrected chi connectivity index (χ1v) is 10.2. The summed E-state index contributed by atoms with van der Waals surface area (Å²) < 4.78 is 12.2. The summed E-state index contributed by atoms with van der Waals surface area (Å²) in [6, 6.07) is 10.1. The van der Waals surface area contributed by atoms with Gasteiger partial charge < -0.3 is 14.6 Å². The first-order chi connectivity index (χ1) is 14.0. The van der Waals surface area contributed by atoms with Gasteiger partial charge in [-0.25, -0.2) is 0 Å². The molecule has 0 aromatic heterocycles. The van der Waals surface area contributed by atoms with E-state index in [9.17, 15) is 9.90 Å². The molecule has 0 spiro atoms. The number of ether oxygens (including phenoxy) is 2. The Labute approximate surface area is 179 Å². The summed E-state index contributed by atoms with van der Waals surface area (Å²) in [5, 5.41) is 9.45. The highest BCUT2D eigenvalue weighted by Gasteiger charge is 2.26. The van der Waals surface area contributed by atoms with Crippen molar-refractivity contribution in [3.63, 3.8) is 0 Å². The molecular weight excluding hydrogens is 376 g/mol. The Morgan fingerprint density at radius 1 is 1.00 bits per heavy atom. The first kappa shape index (κ1) is 23.3. The zero-order chi connectivity index (χ0) is 22.5. The molecule has 0 radical (unpaired) electrons. The molecule has 2 aromatic rings. The van der Waals surface area contributed by atoms with Crippen LogP contribution in [0.15, 0.2) is 55.1 Å². The average Bonchev–Trinajstić information content (AvgIpc) is 2.66. The smallest absolute Gasteiger partial charge is 0.185 e. The fraction of sp³-hybridized carbons (Fsp3) is 0.346. The highest BCUT2D eigenvalue weighted by molar-refractivity contribution is 6.07. The molecule has 4 nitrogen and oxygen atoms in total. The summed E-state index contributed by atoms with van der Waals surface area (Å²) in [6.07, 6.45) is 5.04. The Kier molecular flexibility index (Phi) is 7.49. The number of phenols is 1. The molecule has 0 fully saturated rings. The number of aromatic hydroxyl groups is 1. The van der Waals surface area contributed by atoms with Gasteiger partial charge in [-0.1, -0.05) is 26.0 Å². The van der Waals surface area contributed by atoms with Gasteiger partial charge in [0, 0.05) is 16.5 Å². The molecule has 1 N–H and O–H groups in total. The van der Waals surface area contributed by atoms with E-state index in [2.05, 4.69) is 20.4 Å². The van der Waals surface area contributed by atoms with Crippen molar-refractivity contribution in [2.75, 3.05) is 0 Å². The van der Waals surface area contributed by atoms with E-state index >= 15 is 0 Å². The first-order valence-electron chi connectivity index (χ1n) is 10.2. The second-order valence-corrected chi connectivity index (χ2v) is 8.36. The van der Waals surface area contributed by atoms with Crippen LogP contribution in [0.2, 0.25) is 0 Å². The third kappa shape index (κ3) is 5.76. The van der Waals surface area contributed by atoms with Gasteiger partial charge in [0.1, 0.15) is 17.2 Å². The van der Waals surface area contributed by atoms with Crippen LogP contribution in [0.25, 0.3) is 6.08 Å². The molecule has 0 unspecified atom stereocenters. The van der Waals surface area contributed by atoms with Crippen LogP contribution in [-0.4, -0.2) is 23.1 Å². The maximum atomic E-state index is 12.7. The molecule has 0 aliphatic rings. The molecule has 2 aromatic carbocycles. The third-order valence-electron chi connectivity index (χ3n) is 4.63. The molecule has 30 heavy (non-hydrogen) atoms. The Morgan fingerprint density at radius 2 is 1.60 bits per heavy atom. The number of hydrogen-bond donors (Lipinski definition) is 1. The van der Waals surface area contributed by atoms with E-state index in [0.717, 1.165) is 11.1 Å². The molecule has 4 heteroatoms. The number of carbonyl (C=O) groups excluding carboxylic acids is 1. The van der Waals surface area contributed by atoms with E-state index in [-0.39, 0.29) is 29.2 Å². The second kappa shape index (κ2) is 9.66. The summed E-state index contributed by atoms with van der Waals surface area (Å²) >= 11 is 0. The van der Waals surface area contributed by atoms with Crippen LogP contribution in [0.4, 0.5) is 0 Å². The van der Waals surface area contributed by atoms with Crippen LogP contribution >= 0.6 is 0 Å². The quantitative estimate of drug-likeness (QED) is 0.299. The predicted molar refractivity (Wildman–Crippen MR) is 123 cm³/mol. The number of carbonyl (C=O) groups is 1. The van der Waals surface area contributed by atoms with E-state index < -0.39 is 0 Å². The van der Waals surface area contributed by atoms with Gasteiger partial charge in [-0.3, -0.25) is 4.79 Å². The molecule has 0 bridgehead atoms. The normalized spacial score (nSPS) is 11.9. The molecule has 0 saturated heterocycles. The molecule has 0 heterocycles. The van der Waals surface area contributed by atoms with Gasteiger partial charge >= 0.3 is 0 Å². The predicted octanol–water partition coefficient (Wildman–Crippen LogP) is 6.33. The van der Waals surface area contributed by atoms with Gasteiger partial charge in [0.15, 0.2) is 5.78 Å². The van der Waals surface area contributed by atoms with Gasteiger partial charge in [0.25, 0.3) is 0 Å². The zero-order valence-electron chi connectivity index (χ0n) is 18.7. The molecular formula is C26H32O4.